The molecule has 8 nitrogen and oxygen atoms in total. The Labute approximate surface area is 201 Å². The van der Waals surface area contributed by atoms with Crippen LogP contribution in [-0.2, 0) is 14.3 Å². The van der Waals surface area contributed by atoms with Crippen LogP contribution < -0.4 is 19.6 Å². The van der Waals surface area contributed by atoms with Crippen molar-refractivity contribution < 1.29 is 32.9 Å². The minimum atomic E-state index is -0.213. The number of fused-ring (bicyclic) bond motifs is 1. The van der Waals surface area contributed by atoms with Crippen LogP contribution in [0.3, 0.4) is 0 Å². The number of ether oxygens (including phenoxy) is 5. The molecule has 0 amide bonds. The molecule has 0 spiro atoms. The predicted octanol–water partition coefficient (Wildman–Crippen LogP) is 4.48. The lowest BCUT2D eigenvalue weighted by Crippen LogP contribution is -2.37. The van der Waals surface area contributed by atoms with Gasteiger partial charge in [-0.2, -0.15) is 0 Å². The fourth-order valence-corrected chi connectivity index (χ4v) is 4.10. The second-order valence-corrected chi connectivity index (χ2v) is 8.24. The summed E-state index contributed by atoms with van der Waals surface area (Å²) in [7, 11) is 4.41. The smallest absolute Gasteiger partial charge is 0.308 e. The zero-order chi connectivity index (χ0) is 24.2. The van der Waals surface area contributed by atoms with E-state index in [4.69, 9.17) is 39.7 Å². The van der Waals surface area contributed by atoms with Crippen LogP contribution in [0.5, 0.6) is 17.2 Å². The number of carbonyl (C=O) groups excluding carboxylic acids is 1. The van der Waals surface area contributed by atoms with Gasteiger partial charge in [0.1, 0.15) is 12.4 Å². The first-order valence-electron chi connectivity index (χ1n) is 10.8. The van der Waals surface area contributed by atoms with Crippen molar-refractivity contribution in [3.05, 3.63) is 51.6 Å². The van der Waals surface area contributed by atoms with Crippen molar-refractivity contribution in [2.24, 2.45) is 5.92 Å². The summed E-state index contributed by atoms with van der Waals surface area (Å²) in [6, 6.07) is 9.83. The summed E-state index contributed by atoms with van der Waals surface area (Å²) in [5.74, 6) is 1.24. The van der Waals surface area contributed by atoms with E-state index in [9.17, 15) is 9.59 Å². The van der Waals surface area contributed by atoms with Gasteiger partial charge in [0.25, 0.3) is 0 Å². The number of para-hydroxylation sites is 1. The Balaban J connectivity index is 1.52. The molecule has 1 aliphatic rings. The maximum Gasteiger partial charge on any atom is 0.308 e. The van der Waals surface area contributed by atoms with Gasteiger partial charge >= 0.3 is 5.97 Å². The molecule has 0 unspecified atom stereocenters. The van der Waals surface area contributed by atoms with Crippen LogP contribution in [0.15, 0.2) is 45.6 Å². The van der Waals surface area contributed by atoms with E-state index in [0.29, 0.717) is 64.0 Å². The Morgan fingerprint density at radius 3 is 2.53 bits per heavy atom. The van der Waals surface area contributed by atoms with Gasteiger partial charge in [0.05, 0.1) is 50.4 Å². The fourth-order valence-electron chi connectivity index (χ4n) is 3.89. The third kappa shape index (κ3) is 4.83. The maximum absolute atomic E-state index is 12.6. The second-order valence-electron chi connectivity index (χ2n) is 7.83. The summed E-state index contributed by atoms with van der Waals surface area (Å²) in [5.41, 5.74) is 0.658. The number of halogens is 1. The second kappa shape index (κ2) is 10.4. The van der Waals surface area contributed by atoms with Gasteiger partial charge in [-0.1, -0.05) is 17.7 Å². The Kier molecular flexibility index (Phi) is 7.29. The van der Waals surface area contributed by atoms with Gasteiger partial charge in [0.2, 0.25) is 5.75 Å². The molecular formula is C25H25ClO8. The molecule has 0 radical (unpaired) electrons. The molecule has 0 aliphatic heterocycles. The highest BCUT2D eigenvalue weighted by molar-refractivity contribution is 6.34. The van der Waals surface area contributed by atoms with E-state index in [1.165, 1.54) is 27.4 Å². The van der Waals surface area contributed by atoms with Crippen LogP contribution in [0.2, 0.25) is 5.02 Å². The lowest BCUT2D eigenvalue weighted by molar-refractivity contribution is -0.155. The number of hydrogen-bond acceptors (Lipinski definition) is 8. The lowest BCUT2D eigenvalue weighted by atomic mass is 9.82. The zero-order valence-electron chi connectivity index (χ0n) is 19.1. The number of esters is 1. The molecule has 0 bridgehead atoms. The summed E-state index contributed by atoms with van der Waals surface area (Å²) in [6.07, 6.45) is 1.29. The summed E-state index contributed by atoms with van der Waals surface area (Å²) in [4.78, 5) is 24.1. The summed E-state index contributed by atoms with van der Waals surface area (Å²) in [6.45, 7) is 0.574. The van der Waals surface area contributed by atoms with Crippen molar-refractivity contribution in [1.82, 2.24) is 0 Å². The Morgan fingerprint density at radius 1 is 1.06 bits per heavy atom. The standard InChI is InChI=1S/C25H25ClO8/c1-29-21-11-14(20-13-19(27)17-5-4-6-18(26)23(17)34-20)12-22(24(21)30-2)33-8-7-32-16-9-15(10-16)25(28)31-3/h4-6,11-13,15-16H,7-10H2,1-3H3/t15-,16+. The fraction of sp³-hybridized carbons (Fsp3) is 0.360. The molecule has 0 N–H and O–H groups in total. The third-order valence-electron chi connectivity index (χ3n) is 5.76. The SMILES string of the molecule is COc1cc(-c2cc(=O)c3cccc(Cl)c3o2)cc(OCCO[C@H]2C[C@@H](C(=O)OC)C2)c1OC. The molecule has 1 fully saturated rings. The molecular weight excluding hydrogens is 464 g/mol. The van der Waals surface area contributed by atoms with Crippen molar-refractivity contribution in [3.63, 3.8) is 0 Å². The van der Waals surface area contributed by atoms with E-state index in [2.05, 4.69) is 0 Å². The van der Waals surface area contributed by atoms with Gasteiger partial charge in [-0.15, -0.1) is 0 Å². The molecule has 1 heterocycles. The van der Waals surface area contributed by atoms with Gasteiger partial charge in [-0.25, -0.2) is 0 Å². The molecule has 34 heavy (non-hydrogen) atoms. The monoisotopic (exact) mass is 488 g/mol. The van der Waals surface area contributed by atoms with E-state index >= 15 is 0 Å². The Bertz CT molecular complexity index is 1250. The molecule has 1 aromatic heterocycles. The quantitative estimate of drug-likeness (QED) is 0.321. The summed E-state index contributed by atoms with van der Waals surface area (Å²) in [5, 5.41) is 0.742. The molecule has 4 rings (SSSR count). The predicted molar refractivity (Wildman–Crippen MR) is 126 cm³/mol. The van der Waals surface area contributed by atoms with Gasteiger partial charge in [-0.05, 0) is 37.1 Å². The van der Waals surface area contributed by atoms with Crippen LogP contribution in [-0.4, -0.2) is 46.6 Å². The van der Waals surface area contributed by atoms with Gasteiger partial charge < -0.3 is 28.1 Å². The van der Waals surface area contributed by atoms with E-state index < -0.39 is 0 Å². The first-order chi connectivity index (χ1) is 16.4. The minimum absolute atomic E-state index is 0.00656. The van der Waals surface area contributed by atoms with Crippen LogP contribution in [0.1, 0.15) is 12.8 Å². The Hall–Kier alpha value is -3.23. The average Bonchev–Trinajstić information content (AvgIpc) is 2.82. The zero-order valence-corrected chi connectivity index (χ0v) is 19.8. The largest absolute Gasteiger partial charge is 0.493 e. The first kappa shape index (κ1) is 23.9. The number of rotatable bonds is 9. The van der Waals surface area contributed by atoms with Crippen molar-refractivity contribution >= 4 is 28.5 Å². The van der Waals surface area contributed by atoms with Crippen LogP contribution in [0, 0.1) is 5.92 Å². The number of hydrogen-bond donors (Lipinski definition) is 0. The topological polar surface area (TPSA) is 93.4 Å². The molecule has 180 valence electrons. The number of carbonyl (C=O) groups is 1. The van der Waals surface area contributed by atoms with Crippen LogP contribution in [0.4, 0.5) is 0 Å². The van der Waals surface area contributed by atoms with Crippen LogP contribution in [0.25, 0.3) is 22.3 Å². The normalized spacial score (nSPS) is 17.2. The van der Waals surface area contributed by atoms with E-state index in [1.54, 1.807) is 30.3 Å². The number of methoxy groups -OCH3 is 3. The molecule has 0 saturated heterocycles. The van der Waals surface area contributed by atoms with Gasteiger partial charge in [-0.3, -0.25) is 9.59 Å². The Morgan fingerprint density at radius 2 is 1.82 bits per heavy atom. The minimum Gasteiger partial charge on any atom is -0.493 e. The third-order valence-corrected chi connectivity index (χ3v) is 6.06. The average molecular weight is 489 g/mol. The first-order valence-corrected chi connectivity index (χ1v) is 11.1. The van der Waals surface area contributed by atoms with E-state index in [1.807, 2.05) is 0 Å². The van der Waals surface area contributed by atoms with Crippen LogP contribution >= 0.6 is 11.6 Å². The molecule has 9 heteroatoms. The highest BCUT2D eigenvalue weighted by Crippen LogP contribution is 2.42. The summed E-state index contributed by atoms with van der Waals surface area (Å²) >= 11 is 6.25. The van der Waals surface area contributed by atoms with Crippen molar-refractivity contribution in [2.45, 2.75) is 18.9 Å². The van der Waals surface area contributed by atoms with Crippen molar-refractivity contribution in [1.29, 1.82) is 0 Å². The van der Waals surface area contributed by atoms with E-state index in [0.717, 1.165) is 0 Å². The molecule has 1 saturated carbocycles. The highest BCUT2D eigenvalue weighted by Gasteiger charge is 2.35. The number of benzene rings is 2. The van der Waals surface area contributed by atoms with Crippen molar-refractivity contribution in [3.8, 4) is 28.6 Å². The molecule has 3 aromatic rings. The lowest BCUT2D eigenvalue weighted by Gasteiger charge is -2.32. The highest BCUT2D eigenvalue weighted by atomic mass is 35.5. The van der Waals surface area contributed by atoms with Crippen molar-refractivity contribution in [2.75, 3.05) is 34.5 Å². The van der Waals surface area contributed by atoms with Gasteiger partial charge in [0, 0.05) is 11.6 Å². The summed E-state index contributed by atoms with van der Waals surface area (Å²) < 4.78 is 33.3. The maximum atomic E-state index is 12.6. The molecule has 1 aliphatic carbocycles. The van der Waals surface area contributed by atoms with Gasteiger partial charge in [0.15, 0.2) is 22.5 Å². The molecule has 0 atom stereocenters. The van der Waals surface area contributed by atoms with E-state index in [-0.39, 0.29) is 30.0 Å². The molecule has 2 aromatic carbocycles.